The zero-order chi connectivity index (χ0) is 19.2. The fraction of sp³-hybridized carbons (Fsp3) is 0.235. The van der Waals surface area contributed by atoms with Crippen LogP contribution in [0.4, 0.5) is 5.69 Å². The van der Waals surface area contributed by atoms with E-state index in [2.05, 4.69) is 10.0 Å². The van der Waals surface area contributed by atoms with Crippen molar-refractivity contribution in [2.75, 3.05) is 25.6 Å². The molecule has 2 rings (SSSR count). The number of carbonyl (C=O) groups excluding carboxylic acids is 1. The third-order valence-electron chi connectivity index (χ3n) is 3.32. The highest BCUT2D eigenvalue weighted by molar-refractivity contribution is 7.89. The van der Waals surface area contributed by atoms with Gasteiger partial charge >= 0.3 is 0 Å². The summed E-state index contributed by atoms with van der Waals surface area (Å²) >= 11 is 5.94. The number of hydrogen-bond acceptors (Lipinski definition) is 5. The lowest BCUT2D eigenvalue weighted by molar-refractivity contribution is -0.115. The van der Waals surface area contributed by atoms with Crippen LogP contribution < -0.4 is 19.5 Å². The molecule has 0 unspecified atom stereocenters. The summed E-state index contributed by atoms with van der Waals surface area (Å²) in [4.78, 5) is 12.0. The SMILES string of the molecule is CCOc1ccccc1NC(=O)CNS(=O)(=O)c1ccc(OC)c(Cl)c1. The van der Waals surface area contributed by atoms with Gasteiger partial charge in [0.1, 0.15) is 11.5 Å². The maximum atomic E-state index is 12.3. The van der Waals surface area contributed by atoms with Crippen molar-refractivity contribution >= 4 is 33.2 Å². The zero-order valence-corrected chi connectivity index (χ0v) is 15.9. The minimum Gasteiger partial charge on any atom is -0.495 e. The van der Waals surface area contributed by atoms with E-state index in [1.165, 1.54) is 25.3 Å². The smallest absolute Gasteiger partial charge is 0.241 e. The molecule has 0 aliphatic rings. The molecule has 0 atom stereocenters. The molecule has 0 fully saturated rings. The van der Waals surface area contributed by atoms with Crippen LogP contribution >= 0.6 is 11.6 Å². The molecule has 0 radical (unpaired) electrons. The average molecular weight is 399 g/mol. The van der Waals surface area contributed by atoms with Crippen LogP contribution in [0.2, 0.25) is 5.02 Å². The molecule has 26 heavy (non-hydrogen) atoms. The number of amides is 1. The molecule has 140 valence electrons. The first-order chi connectivity index (χ1) is 12.4. The molecular weight excluding hydrogens is 380 g/mol. The van der Waals surface area contributed by atoms with Crippen molar-refractivity contribution in [1.82, 2.24) is 4.72 Å². The zero-order valence-electron chi connectivity index (χ0n) is 14.3. The molecule has 0 aliphatic heterocycles. The number of methoxy groups -OCH3 is 1. The molecule has 0 spiro atoms. The van der Waals surface area contributed by atoms with Crippen molar-refractivity contribution in [3.8, 4) is 11.5 Å². The van der Waals surface area contributed by atoms with Gasteiger partial charge < -0.3 is 14.8 Å². The van der Waals surface area contributed by atoms with Gasteiger partial charge in [-0.1, -0.05) is 23.7 Å². The highest BCUT2D eigenvalue weighted by Gasteiger charge is 2.18. The Morgan fingerprint density at radius 3 is 2.54 bits per heavy atom. The molecule has 0 aliphatic carbocycles. The average Bonchev–Trinajstić information content (AvgIpc) is 2.62. The number of hydrogen-bond donors (Lipinski definition) is 2. The summed E-state index contributed by atoms with van der Waals surface area (Å²) in [5.74, 6) is 0.337. The Bertz CT molecular complexity index is 886. The Balaban J connectivity index is 2.03. The number of rotatable bonds is 8. The van der Waals surface area contributed by atoms with Gasteiger partial charge in [-0.05, 0) is 37.3 Å². The summed E-state index contributed by atoms with van der Waals surface area (Å²) in [6.45, 7) is 1.83. The van der Waals surface area contributed by atoms with E-state index in [9.17, 15) is 13.2 Å². The molecule has 2 aromatic carbocycles. The Hall–Kier alpha value is -2.29. The van der Waals surface area contributed by atoms with E-state index >= 15 is 0 Å². The normalized spacial score (nSPS) is 11.0. The molecule has 0 saturated heterocycles. The summed E-state index contributed by atoms with van der Waals surface area (Å²) in [5.41, 5.74) is 0.464. The van der Waals surface area contributed by atoms with Gasteiger partial charge in [-0.3, -0.25) is 4.79 Å². The van der Waals surface area contributed by atoms with E-state index in [4.69, 9.17) is 21.1 Å². The molecule has 0 heterocycles. The van der Waals surface area contributed by atoms with Crippen LogP contribution in [-0.4, -0.2) is 34.6 Å². The summed E-state index contributed by atoms with van der Waals surface area (Å²) in [6.07, 6.45) is 0. The van der Waals surface area contributed by atoms with Gasteiger partial charge in [0.05, 0.1) is 35.9 Å². The Morgan fingerprint density at radius 2 is 1.88 bits per heavy atom. The maximum absolute atomic E-state index is 12.3. The predicted octanol–water partition coefficient (Wildman–Crippen LogP) is 2.66. The first-order valence-electron chi connectivity index (χ1n) is 7.72. The van der Waals surface area contributed by atoms with Crippen LogP contribution in [0.5, 0.6) is 11.5 Å². The van der Waals surface area contributed by atoms with Crippen LogP contribution in [0.3, 0.4) is 0 Å². The van der Waals surface area contributed by atoms with Gasteiger partial charge in [0.25, 0.3) is 0 Å². The first kappa shape index (κ1) is 20.0. The number of nitrogens with one attached hydrogen (secondary N) is 2. The monoisotopic (exact) mass is 398 g/mol. The van der Waals surface area contributed by atoms with Crippen molar-refractivity contribution in [3.63, 3.8) is 0 Å². The summed E-state index contributed by atoms with van der Waals surface area (Å²) < 4.78 is 37.2. The van der Waals surface area contributed by atoms with Gasteiger partial charge in [-0.2, -0.15) is 0 Å². The minimum absolute atomic E-state index is 0.0641. The molecule has 1 amide bonds. The number of benzene rings is 2. The molecule has 7 nitrogen and oxygen atoms in total. The molecule has 2 N–H and O–H groups in total. The standard InChI is InChI=1S/C17H19ClN2O5S/c1-3-25-16-7-5-4-6-14(16)20-17(21)11-19-26(22,23)12-8-9-15(24-2)13(18)10-12/h4-10,19H,3,11H2,1-2H3,(H,20,21). The van der Waals surface area contributed by atoms with Crippen LogP contribution in [0.15, 0.2) is 47.4 Å². The number of sulfonamides is 1. The molecule has 0 saturated carbocycles. The number of halogens is 1. The third kappa shape index (κ3) is 5.10. The maximum Gasteiger partial charge on any atom is 0.241 e. The van der Waals surface area contributed by atoms with E-state index in [0.717, 1.165) is 0 Å². The van der Waals surface area contributed by atoms with E-state index in [1.54, 1.807) is 24.3 Å². The Kier molecular flexibility index (Phi) is 6.84. The molecular formula is C17H19ClN2O5S. The number of ether oxygens (including phenoxy) is 2. The van der Waals surface area contributed by atoms with Crippen LogP contribution in [-0.2, 0) is 14.8 Å². The second kappa shape index (κ2) is 8.88. The van der Waals surface area contributed by atoms with Crippen LogP contribution in [0, 0.1) is 0 Å². The highest BCUT2D eigenvalue weighted by atomic mass is 35.5. The quantitative estimate of drug-likeness (QED) is 0.713. The predicted molar refractivity (Wildman–Crippen MR) is 99.4 cm³/mol. The lowest BCUT2D eigenvalue weighted by atomic mass is 10.3. The van der Waals surface area contributed by atoms with Crippen LogP contribution in [0.1, 0.15) is 6.92 Å². The van der Waals surface area contributed by atoms with E-state index < -0.39 is 22.5 Å². The second-order valence-corrected chi connectivity index (χ2v) is 7.27. The van der Waals surface area contributed by atoms with Gasteiger partial charge in [-0.15, -0.1) is 0 Å². The molecule has 0 bridgehead atoms. The fourth-order valence-corrected chi connectivity index (χ4v) is 3.43. The highest BCUT2D eigenvalue weighted by Crippen LogP contribution is 2.27. The summed E-state index contributed by atoms with van der Waals surface area (Å²) in [7, 11) is -2.47. The first-order valence-corrected chi connectivity index (χ1v) is 9.58. The summed E-state index contributed by atoms with van der Waals surface area (Å²) in [6, 6.07) is 10.9. The lowest BCUT2D eigenvalue weighted by Gasteiger charge is -2.12. The van der Waals surface area contributed by atoms with Crippen molar-refractivity contribution in [1.29, 1.82) is 0 Å². The van der Waals surface area contributed by atoms with Gasteiger partial charge in [0.2, 0.25) is 15.9 Å². The van der Waals surface area contributed by atoms with E-state index in [1.807, 2.05) is 6.92 Å². The van der Waals surface area contributed by atoms with E-state index in [-0.39, 0.29) is 9.92 Å². The van der Waals surface area contributed by atoms with Gasteiger partial charge in [0, 0.05) is 0 Å². The van der Waals surface area contributed by atoms with Crippen molar-refractivity contribution in [2.24, 2.45) is 0 Å². The Labute approximate surface area is 157 Å². The van der Waals surface area contributed by atoms with Gasteiger partial charge in [0.15, 0.2) is 0 Å². The topological polar surface area (TPSA) is 93.7 Å². The van der Waals surface area contributed by atoms with Crippen molar-refractivity contribution in [3.05, 3.63) is 47.5 Å². The van der Waals surface area contributed by atoms with Crippen molar-refractivity contribution in [2.45, 2.75) is 11.8 Å². The lowest BCUT2D eigenvalue weighted by Crippen LogP contribution is -2.33. The minimum atomic E-state index is -3.90. The largest absolute Gasteiger partial charge is 0.495 e. The van der Waals surface area contributed by atoms with Crippen LogP contribution in [0.25, 0.3) is 0 Å². The number of anilines is 1. The third-order valence-corrected chi connectivity index (χ3v) is 5.01. The van der Waals surface area contributed by atoms with Gasteiger partial charge in [-0.25, -0.2) is 13.1 Å². The number of carbonyl (C=O) groups is 1. The Morgan fingerprint density at radius 1 is 1.15 bits per heavy atom. The summed E-state index contributed by atoms with van der Waals surface area (Å²) in [5, 5.41) is 2.77. The molecule has 2 aromatic rings. The fourth-order valence-electron chi connectivity index (χ4n) is 2.10. The van der Waals surface area contributed by atoms with E-state index in [0.29, 0.717) is 23.8 Å². The molecule has 9 heteroatoms. The second-order valence-electron chi connectivity index (χ2n) is 5.10. The van der Waals surface area contributed by atoms with Crippen molar-refractivity contribution < 1.29 is 22.7 Å². The molecule has 0 aromatic heterocycles. The number of para-hydroxylation sites is 2.